The van der Waals surface area contributed by atoms with Gasteiger partial charge in [0.2, 0.25) is 0 Å². The standard InChI is InChI=1S/C12H16N2O2S/c1-11-2-4-12(5-3-11)10-17(16,9-6-13)14-7-8-15/h2-5,15H,7-10H2,1H3. The van der Waals surface area contributed by atoms with Crippen LogP contribution in [0.15, 0.2) is 28.6 Å². The van der Waals surface area contributed by atoms with Crippen LogP contribution >= 0.6 is 0 Å². The van der Waals surface area contributed by atoms with Crippen molar-refractivity contribution in [1.29, 1.82) is 5.26 Å². The largest absolute Gasteiger partial charge is 0.394 e. The topological polar surface area (TPSA) is 73.5 Å². The van der Waals surface area contributed by atoms with E-state index in [1.807, 2.05) is 37.3 Å². The molecule has 0 bridgehead atoms. The lowest BCUT2D eigenvalue weighted by atomic mass is 10.2. The van der Waals surface area contributed by atoms with Crippen molar-refractivity contribution in [2.24, 2.45) is 4.36 Å². The van der Waals surface area contributed by atoms with Crippen LogP contribution in [0.2, 0.25) is 0 Å². The summed E-state index contributed by atoms with van der Waals surface area (Å²) in [7, 11) is -2.56. The third-order valence-corrected chi connectivity index (χ3v) is 4.25. The maximum atomic E-state index is 12.3. The lowest BCUT2D eigenvalue weighted by Crippen LogP contribution is -2.09. The summed E-state index contributed by atoms with van der Waals surface area (Å²) in [6.45, 7) is 1.95. The van der Waals surface area contributed by atoms with Crippen LogP contribution in [0, 0.1) is 18.3 Å². The normalized spacial score (nSPS) is 13.7. The Morgan fingerprint density at radius 2 is 2.06 bits per heavy atom. The molecule has 0 radical (unpaired) electrons. The van der Waals surface area contributed by atoms with E-state index in [0.29, 0.717) is 0 Å². The molecule has 0 amide bonds. The maximum Gasteiger partial charge on any atom is 0.119 e. The highest BCUT2D eigenvalue weighted by Gasteiger charge is 2.09. The van der Waals surface area contributed by atoms with Gasteiger partial charge < -0.3 is 5.11 Å². The van der Waals surface area contributed by atoms with Crippen molar-refractivity contribution in [3.05, 3.63) is 35.4 Å². The predicted molar refractivity (Wildman–Crippen MR) is 67.9 cm³/mol. The van der Waals surface area contributed by atoms with E-state index in [4.69, 9.17) is 10.4 Å². The first-order valence-corrected chi connectivity index (χ1v) is 7.16. The van der Waals surface area contributed by atoms with Crippen LogP contribution < -0.4 is 0 Å². The number of hydrogen-bond donors (Lipinski definition) is 1. The molecule has 1 rings (SSSR count). The fourth-order valence-electron chi connectivity index (χ4n) is 1.40. The molecule has 1 atom stereocenters. The van der Waals surface area contributed by atoms with Crippen LogP contribution in [0.4, 0.5) is 0 Å². The fourth-order valence-corrected chi connectivity index (χ4v) is 3.01. The van der Waals surface area contributed by atoms with Gasteiger partial charge in [-0.1, -0.05) is 29.8 Å². The summed E-state index contributed by atoms with van der Waals surface area (Å²) >= 11 is 0. The van der Waals surface area contributed by atoms with E-state index >= 15 is 0 Å². The third-order valence-electron chi connectivity index (χ3n) is 2.23. The minimum absolute atomic E-state index is 0.0964. The van der Waals surface area contributed by atoms with Gasteiger partial charge in [-0.2, -0.15) is 5.26 Å². The molecule has 0 aliphatic heterocycles. The monoisotopic (exact) mass is 252 g/mol. The van der Waals surface area contributed by atoms with Gasteiger partial charge in [-0.15, -0.1) is 0 Å². The number of aryl methyl sites for hydroxylation is 1. The summed E-state index contributed by atoms with van der Waals surface area (Å²) in [5.74, 6) is 0.168. The molecule has 5 heteroatoms. The van der Waals surface area contributed by atoms with Crippen molar-refractivity contribution in [2.45, 2.75) is 12.7 Å². The first kappa shape index (κ1) is 13.7. The Balaban J connectivity index is 2.91. The highest BCUT2D eigenvalue weighted by atomic mass is 32.2. The lowest BCUT2D eigenvalue weighted by Gasteiger charge is -2.06. The minimum Gasteiger partial charge on any atom is -0.394 e. The van der Waals surface area contributed by atoms with Crippen molar-refractivity contribution in [3.8, 4) is 6.07 Å². The van der Waals surface area contributed by atoms with Gasteiger partial charge in [0, 0.05) is 0 Å². The predicted octanol–water partition coefficient (Wildman–Crippen LogP) is 1.48. The van der Waals surface area contributed by atoms with Gasteiger partial charge in [-0.25, -0.2) is 8.57 Å². The van der Waals surface area contributed by atoms with Crippen LogP contribution in [0.25, 0.3) is 0 Å². The fraction of sp³-hybridized carbons (Fsp3) is 0.417. The number of nitriles is 1. The molecule has 0 saturated carbocycles. The second-order valence-corrected chi connectivity index (χ2v) is 6.16. The van der Waals surface area contributed by atoms with Gasteiger partial charge >= 0.3 is 0 Å². The molecule has 1 N–H and O–H groups in total. The zero-order valence-electron chi connectivity index (χ0n) is 9.80. The van der Waals surface area contributed by atoms with Gasteiger partial charge in [0.1, 0.15) is 5.75 Å². The van der Waals surface area contributed by atoms with E-state index in [0.717, 1.165) is 11.1 Å². The Hall–Kier alpha value is -1.38. The molecule has 0 heterocycles. The van der Waals surface area contributed by atoms with Crippen LogP contribution in [0.3, 0.4) is 0 Å². The second-order valence-electron chi connectivity index (χ2n) is 3.78. The van der Waals surface area contributed by atoms with Crippen LogP contribution in [0.1, 0.15) is 11.1 Å². The molecule has 1 aromatic carbocycles. The Morgan fingerprint density at radius 1 is 1.41 bits per heavy atom. The van der Waals surface area contributed by atoms with E-state index in [1.165, 1.54) is 0 Å². The Kier molecular flexibility index (Phi) is 5.13. The minimum atomic E-state index is -2.56. The molecule has 0 aromatic heterocycles. The molecule has 0 saturated heterocycles. The lowest BCUT2D eigenvalue weighted by molar-refractivity contribution is 0.307. The summed E-state index contributed by atoms with van der Waals surface area (Å²) < 4.78 is 16.2. The second kappa shape index (κ2) is 6.38. The van der Waals surface area contributed by atoms with Crippen molar-refractivity contribution < 1.29 is 9.32 Å². The molecule has 0 spiro atoms. The van der Waals surface area contributed by atoms with Gasteiger partial charge in [-0.05, 0) is 12.5 Å². The first-order valence-electron chi connectivity index (χ1n) is 5.31. The number of hydrogen-bond acceptors (Lipinski definition) is 4. The number of aliphatic hydroxyl groups excluding tert-OH is 1. The van der Waals surface area contributed by atoms with Crippen molar-refractivity contribution in [2.75, 3.05) is 18.9 Å². The third kappa shape index (κ3) is 4.55. The summed E-state index contributed by atoms with van der Waals surface area (Å²) in [5, 5.41) is 17.4. The van der Waals surface area contributed by atoms with E-state index in [-0.39, 0.29) is 24.7 Å². The number of nitrogens with zero attached hydrogens (tertiary/aromatic N) is 2. The maximum absolute atomic E-state index is 12.3. The van der Waals surface area contributed by atoms with Gasteiger partial charge in [0.05, 0.1) is 34.7 Å². The Bertz CT molecular complexity index is 508. The van der Waals surface area contributed by atoms with Crippen molar-refractivity contribution in [1.82, 2.24) is 0 Å². The van der Waals surface area contributed by atoms with Gasteiger partial charge in [-0.3, -0.25) is 0 Å². The SMILES string of the molecule is Cc1ccc(CS(=O)(CC#N)=NCCO)cc1. The highest BCUT2D eigenvalue weighted by molar-refractivity contribution is 7.93. The van der Waals surface area contributed by atoms with Crippen molar-refractivity contribution in [3.63, 3.8) is 0 Å². The van der Waals surface area contributed by atoms with E-state index in [1.54, 1.807) is 0 Å². The van der Waals surface area contributed by atoms with E-state index < -0.39 is 9.73 Å². The molecule has 0 fully saturated rings. The van der Waals surface area contributed by atoms with E-state index in [9.17, 15) is 4.21 Å². The summed E-state index contributed by atoms with van der Waals surface area (Å²) in [6, 6.07) is 9.55. The highest BCUT2D eigenvalue weighted by Crippen LogP contribution is 2.10. The number of benzene rings is 1. The molecule has 0 aliphatic carbocycles. The summed E-state index contributed by atoms with van der Waals surface area (Å²) in [6.07, 6.45) is 0. The average Bonchev–Trinajstić information content (AvgIpc) is 2.30. The zero-order chi connectivity index (χ0) is 12.7. The molecular formula is C12H16N2O2S. The zero-order valence-corrected chi connectivity index (χ0v) is 10.6. The van der Waals surface area contributed by atoms with Crippen LogP contribution in [0.5, 0.6) is 0 Å². The molecule has 4 nitrogen and oxygen atoms in total. The summed E-state index contributed by atoms with van der Waals surface area (Å²) in [5.41, 5.74) is 2.03. The number of aliphatic hydroxyl groups is 1. The van der Waals surface area contributed by atoms with Gasteiger partial charge in [0.25, 0.3) is 0 Å². The number of rotatable bonds is 5. The average molecular weight is 252 g/mol. The van der Waals surface area contributed by atoms with Crippen molar-refractivity contribution >= 4 is 9.73 Å². The smallest absolute Gasteiger partial charge is 0.119 e. The molecule has 1 aromatic rings. The van der Waals surface area contributed by atoms with Crippen LogP contribution in [-0.4, -0.2) is 28.2 Å². The first-order chi connectivity index (χ1) is 8.09. The van der Waals surface area contributed by atoms with Crippen LogP contribution in [-0.2, 0) is 15.5 Å². The van der Waals surface area contributed by atoms with E-state index in [2.05, 4.69) is 4.36 Å². The molecule has 1 unspecified atom stereocenters. The Morgan fingerprint density at radius 3 is 2.59 bits per heavy atom. The van der Waals surface area contributed by atoms with Gasteiger partial charge in [0.15, 0.2) is 0 Å². The molecular weight excluding hydrogens is 236 g/mol. The summed E-state index contributed by atoms with van der Waals surface area (Å²) in [4.78, 5) is 0. The quantitative estimate of drug-likeness (QED) is 0.862. The molecule has 92 valence electrons. The molecule has 0 aliphatic rings. The molecule has 17 heavy (non-hydrogen) atoms. The Labute approximate surface area is 102 Å².